The summed E-state index contributed by atoms with van der Waals surface area (Å²) in [5.74, 6) is -2.38. The average molecular weight is 319 g/mol. The molecule has 2 N–H and O–H groups in total. The molecule has 0 radical (unpaired) electrons. The highest BCUT2D eigenvalue weighted by molar-refractivity contribution is 5.95. The zero-order chi connectivity index (χ0) is 14.2. The number of hydrogen-bond acceptors (Lipinski definition) is 3. The molecule has 2 aliphatic heterocycles. The molecule has 4 nitrogen and oxygen atoms in total. The minimum absolute atomic E-state index is 0. The van der Waals surface area contributed by atoms with Gasteiger partial charge in [-0.2, -0.15) is 0 Å². The molecule has 0 saturated carbocycles. The van der Waals surface area contributed by atoms with Crippen LogP contribution in [0.5, 0.6) is 5.75 Å². The highest BCUT2D eigenvalue weighted by Crippen LogP contribution is 2.29. The fourth-order valence-corrected chi connectivity index (χ4v) is 2.57. The number of carbonyl (C=O) groups is 1. The number of amides is 1. The van der Waals surface area contributed by atoms with E-state index in [1.807, 2.05) is 6.07 Å². The Balaban J connectivity index is 0.00000161. The smallest absolute Gasteiger partial charge is 0.262 e. The Kier molecular flexibility index (Phi) is 4.68. The molecule has 1 unspecified atom stereocenters. The normalized spacial score (nSPS) is 22.7. The SMILES string of the molecule is Cl.O=C(Nc1ccc2c(c1)CCCO2)C1CC(F)(F)CN1. The zero-order valence-electron chi connectivity index (χ0n) is 11.3. The molecule has 1 aromatic carbocycles. The molecule has 116 valence electrons. The lowest BCUT2D eigenvalue weighted by Gasteiger charge is -2.18. The molecule has 1 saturated heterocycles. The summed E-state index contributed by atoms with van der Waals surface area (Å²) in [6, 6.07) is 4.55. The summed E-state index contributed by atoms with van der Waals surface area (Å²) < 4.78 is 31.6. The Hall–Kier alpha value is -1.40. The maximum absolute atomic E-state index is 13.1. The van der Waals surface area contributed by atoms with Crippen molar-refractivity contribution in [2.24, 2.45) is 0 Å². The molecule has 0 spiro atoms. The van der Waals surface area contributed by atoms with E-state index < -0.39 is 30.8 Å². The van der Waals surface area contributed by atoms with Crippen molar-refractivity contribution < 1.29 is 18.3 Å². The second kappa shape index (κ2) is 6.15. The lowest BCUT2D eigenvalue weighted by atomic mass is 10.1. The fraction of sp³-hybridized carbons (Fsp3) is 0.500. The molecule has 2 aliphatic rings. The molecule has 0 bridgehead atoms. The van der Waals surface area contributed by atoms with Crippen molar-refractivity contribution in [1.29, 1.82) is 0 Å². The van der Waals surface area contributed by atoms with Gasteiger partial charge in [-0.25, -0.2) is 8.78 Å². The first-order valence-electron chi connectivity index (χ1n) is 6.71. The van der Waals surface area contributed by atoms with Crippen molar-refractivity contribution in [2.75, 3.05) is 18.5 Å². The first-order chi connectivity index (χ1) is 9.53. The van der Waals surface area contributed by atoms with Crippen LogP contribution in [0.4, 0.5) is 14.5 Å². The van der Waals surface area contributed by atoms with E-state index in [0.29, 0.717) is 12.3 Å². The van der Waals surface area contributed by atoms with Gasteiger partial charge >= 0.3 is 0 Å². The summed E-state index contributed by atoms with van der Waals surface area (Å²) >= 11 is 0. The highest BCUT2D eigenvalue weighted by Gasteiger charge is 2.42. The van der Waals surface area contributed by atoms with Gasteiger partial charge in [0.15, 0.2) is 0 Å². The van der Waals surface area contributed by atoms with Crippen molar-refractivity contribution >= 4 is 24.0 Å². The monoisotopic (exact) mass is 318 g/mol. The predicted octanol–water partition coefficient (Wildman–Crippen LogP) is 2.37. The van der Waals surface area contributed by atoms with Gasteiger partial charge in [0, 0.05) is 12.1 Å². The van der Waals surface area contributed by atoms with Gasteiger partial charge in [0.1, 0.15) is 5.75 Å². The lowest BCUT2D eigenvalue weighted by Crippen LogP contribution is -2.35. The molecule has 2 heterocycles. The van der Waals surface area contributed by atoms with Crippen molar-refractivity contribution in [2.45, 2.75) is 31.2 Å². The Labute approximate surface area is 127 Å². The van der Waals surface area contributed by atoms with Gasteiger partial charge in [-0.3, -0.25) is 10.1 Å². The van der Waals surface area contributed by atoms with Crippen molar-refractivity contribution in [3.05, 3.63) is 23.8 Å². The predicted molar refractivity (Wildman–Crippen MR) is 77.5 cm³/mol. The highest BCUT2D eigenvalue weighted by atomic mass is 35.5. The minimum Gasteiger partial charge on any atom is -0.493 e. The summed E-state index contributed by atoms with van der Waals surface area (Å²) in [4.78, 5) is 11.9. The molecule has 7 heteroatoms. The van der Waals surface area contributed by atoms with Crippen LogP contribution >= 0.6 is 12.4 Å². The van der Waals surface area contributed by atoms with Gasteiger partial charge in [0.2, 0.25) is 5.91 Å². The van der Waals surface area contributed by atoms with Crippen LogP contribution in [0.1, 0.15) is 18.4 Å². The average Bonchev–Trinajstić information content (AvgIpc) is 2.79. The molecule has 1 amide bonds. The third-order valence-electron chi connectivity index (χ3n) is 3.60. The number of halogens is 3. The largest absolute Gasteiger partial charge is 0.493 e. The quantitative estimate of drug-likeness (QED) is 0.880. The molecule has 1 fully saturated rings. The van der Waals surface area contributed by atoms with E-state index in [-0.39, 0.29) is 12.4 Å². The van der Waals surface area contributed by atoms with E-state index in [9.17, 15) is 13.6 Å². The van der Waals surface area contributed by atoms with Crippen LogP contribution in [0.15, 0.2) is 18.2 Å². The molecule has 1 atom stereocenters. The second-order valence-corrected chi connectivity index (χ2v) is 5.26. The van der Waals surface area contributed by atoms with Crippen LogP contribution in [-0.2, 0) is 11.2 Å². The summed E-state index contributed by atoms with van der Waals surface area (Å²) in [5.41, 5.74) is 1.66. The first kappa shape index (κ1) is 16.0. The van der Waals surface area contributed by atoms with E-state index in [2.05, 4.69) is 10.6 Å². The van der Waals surface area contributed by atoms with E-state index >= 15 is 0 Å². The molecular formula is C14H17ClF2N2O2. The Morgan fingerprint density at radius 2 is 2.24 bits per heavy atom. The number of benzene rings is 1. The van der Waals surface area contributed by atoms with Gasteiger partial charge < -0.3 is 10.1 Å². The number of nitrogens with one attached hydrogen (secondary N) is 2. The summed E-state index contributed by atoms with van der Waals surface area (Å²) in [7, 11) is 0. The fourth-order valence-electron chi connectivity index (χ4n) is 2.57. The molecule has 3 rings (SSSR count). The van der Waals surface area contributed by atoms with E-state index in [1.165, 1.54) is 0 Å². The number of hydrogen-bond donors (Lipinski definition) is 2. The van der Waals surface area contributed by atoms with Crippen molar-refractivity contribution in [3.8, 4) is 5.75 Å². The maximum Gasteiger partial charge on any atom is 0.262 e. The number of anilines is 1. The molecular weight excluding hydrogens is 302 g/mol. The number of rotatable bonds is 2. The summed E-state index contributed by atoms with van der Waals surface area (Å²) in [5, 5.41) is 5.22. The van der Waals surface area contributed by atoms with E-state index in [4.69, 9.17) is 4.74 Å². The maximum atomic E-state index is 13.1. The summed E-state index contributed by atoms with van der Waals surface area (Å²) in [6.07, 6.45) is 1.40. The Morgan fingerprint density at radius 1 is 1.43 bits per heavy atom. The third kappa shape index (κ3) is 3.63. The number of ether oxygens (including phenoxy) is 1. The first-order valence-corrected chi connectivity index (χ1v) is 6.71. The molecule has 21 heavy (non-hydrogen) atoms. The summed E-state index contributed by atoms with van der Waals surface area (Å²) in [6.45, 7) is 0.267. The van der Waals surface area contributed by atoms with Crippen LogP contribution < -0.4 is 15.4 Å². The lowest BCUT2D eigenvalue weighted by molar-refractivity contribution is -0.118. The van der Waals surface area contributed by atoms with Crippen molar-refractivity contribution in [1.82, 2.24) is 5.32 Å². The Bertz CT molecular complexity index is 540. The van der Waals surface area contributed by atoms with Crippen LogP contribution in [0.25, 0.3) is 0 Å². The number of alkyl halides is 2. The van der Waals surface area contributed by atoms with Crippen LogP contribution in [-0.4, -0.2) is 31.0 Å². The van der Waals surface area contributed by atoms with Gasteiger partial charge in [0.05, 0.1) is 19.2 Å². The third-order valence-corrected chi connectivity index (χ3v) is 3.60. The standard InChI is InChI=1S/C14H16F2N2O2.ClH/c15-14(16)7-11(17-8-14)13(19)18-10-3-4-12-9(6-10)2-1-5-20-12;/h3-4,6,11,17H,1-2,5,7-8H2,(H,18,19);1H. The Morgan fingerprint density at radius 3 is 2.95 bits per heavy atom. The second-order valence-electron chi connectivity index (χ2n) is 5.26. The molecule has 0 aliphatic carbocycles. The van der Waals surface area contributed by atoms with Gasteiger partial charge in [-0.05, 0) is 36.6 Å². The minimum atomic E-state index is -2.80. The van der Waals surface area contributed by atoms with Gasteiger partial charge in [0.25, 0.3) is 5.92 Å². The van der Waals surface area contributed by atoms with E-state index in [1.54, 1.807) is 12.1 Å². The van der Waals surface area contributed by atoms with Gasteiger partial charge in [-0.1, -0.05) is 0 Å². The zero-order valence-corrected chi connectivity index (χ0v) is 12.1. The number of fused-ring (bicyclic) bond motifs is 1. The van der Waals surface area contributed by atoms with Gasteiger partial charge in [-0.15, -0.1) is 12.4 Å². The molecule has 0 aromatic heterocycles. The van der Waals surface area contributed by atoms with Crippen molar-refractivity contribution in [3.63, 3.8) is 0 Å². The molecule has 1 aromatic rings. The van der Waals surface area contributed by atoms with E-state index in [0.717, 1.165) is 24.2 Å². The topological polar surface area (TPSA) is 50.4 Å². The number of aryl methyl sites for hydroxylation is 1. The van der Waals surface area contributed by atoms with Crippen LogP contribution in [0, 0.1) is 0 Å². The van der Waals surface area contributed by atoms with Crippen LogP contribution in [0.3, 0.4) is 0 Å². The number of carbonyl (C=O) groups excluding carboxylic acids is 1. The van der Waals surface area contributed by atoms with Crippen LogP contribution in [0.2, 0.25) is 0 Å².